The van der Waals surface area contributed by atoms with Crippen molar-refractivity contribution in [1.29, 1.82) is 0 Å². The highest BCUT2D eigenvalue weighted by atomic mass is 16.2. The summed E-state index contributed by atoms with van der Waals surface area (Å²) in [5.41, 5.74) is 7.71. The molecule has 126 valence electrons. The molecule has 6 heteroatoms. The Morgan fingerprint density at radius 3 is 2.74 bits per heavy atom. The zero-order chi connectivity index (χ0) is 17.0. The van der Waals surface area contributed by atoms with Gasteiger partial charge >= 0.3 is 0 Å². The maximum absolute atomic E-state index is 12.4. The lowest BCUT2D eigenvalue weighted by molar-refractivity contribution is -0.136. The number of carbonyl (C=O) groups excluding carboxylic acids is 2. The molecule has 2 amide bonds. The Morgan fingerprint density at radius 1 is 1.35 bits per heavy atom. The normalized spacial score (nSPS) is 18.7. The van der Waals surface area contributed by atoms with Gasteiger partial charge in [0.25, 0.3) is 0 Å². The Labute approximate surface area is 137 Å². The van der Waals surface area contributed by atoms with E-state index in [2.05, 4.69) is 24.0 Å². The fraction of sp³-hybridized carbons (Fsp3) is 0.529. The monoisotopic (exact) mass is 318 g/mol. The van der Waals surface area contributed by atoms with E-state index in [-0.39, 0.29) is 17.9 Å². The van der Waals surface area contributed by atoms with E-state index in [1.54, 1.807) is 4.90 Å². The third-order valence-electron chi connectivity index (χ3n) is 4.43. The molecule has 0 aromatic heterocycles. The van der Waals surface area contributed by atoms with Crippen molar-refractivity contribution in [3.8, 4) is 0 Å². The lowest BCUT2D eigenvalue weighted by Crippen LogP contribution is -2.58. The third-order valence-corrected chi connectivity index (χ3v) is 4.43. The van der Waals surface area contributed by atoms with Gasteiger partial charge in [0, 0.05) is 45.3 Å². The number of piperazine rings is 1. The molecule has 1 aromatic rings. The van der Waals surface area contributed by atoms with E-state index in [4.69, 9.17) is 5.73 Å². The minimum atomic E-state index is -0.387. The van der Waals surface area contributed by atoms with Crippen LogP contribution in [0.2, 0.25) is 0 Å². The van der Waals surface area contributed by atoms with Crippen molar-refractivity contribution in [1.82, 2.24) is 9.80 Å². The summed E-state index contributed by atoms with van der Waals surface area (Å²) in [5, 5.41) is 0. The third kappa shape index (κ3) is 4.45. The molecular formula is C17H26N4O2. The van der Waals surface area contributed by atoms with Crippen molar-refractivity contribution < 1.29 is 9.59 Å². The summed E-state index contributed by atoms with van der Waals surface area (Å²) < 4.78 is 0. The lowest BCUT2D eigenvalue weighted by atomic mass is 10.1. The zero-order valence-electron chi connectivity index (χ0n) is 14.2. The van der Waals surface area contributed by atoms with E-state index in [0.29, 0.717) is 32.6 Å². The second-order valence-electron chi connectivity index (χ2n) is 6.25. The smallest absolute Gasteiger partial charge is 0.236 e. The van der Waals surface area contributed by atoms with Gasteiger partial charge in [-0.3, -0.25) is 14.5 Å². The SMILES string of the molecule is Cc1cccc(N(C)CCC(=O)N2CCN(C)C(C(N)=O)C2)c1. The number of nitrogens with two attached hydrogens (primary N) is 1. The maximum atomic E-state index is 12.4. The average molecular weight is 318 g/mol. The van der Waals surface area contributed by atoms with Gasteiger partial charge in [-0.2, -0.15) is 0 Å². The molecule has 0 saturated carbocycles. The second kappa shape index (κ2) is 7.46. The fourth-order valence-corrected chi connectivity index (χ4v) is 2.82. The van der Waals surface area contributed by atoms with E-state index in [1.165, 1.54) is 5.56 Å². The Hall–Kier alpha value is -2.08. The van der Waals surface area contributed by atoms with E-state index in [0.717, 1.165) is 5.69 Å². The molecule has 1 saturated heterocycles. The summed E-state index contributed by atoms with van der Waals surface area (Å²) in [4.78, 5) is 29.6. The molecular weight excluding hydrogens is 292 g/mol. The van der Waals surface area contributed by atoms with Crippen molar-refractivity contribution >= 4 is 17.5 Å². The molecule has 0 spiro atoms. The number of benzene rings is 1. The molecule has 1 aliphatic heterocycles. The molecule has 1 atom stereocenters. The zero-order valence-corrected chi connectivity index (χ0v) is 14.2. The van der Waals surface area contributed by atoms with Crippen LogP contribution in [-0.2, 0) is 9.59 Å². The molecule has 1 heterocycles. The number of rotatable bonds is 5. The van der Waals surface area contributed by atoms with E-state index in [9.17, 15) is 9.59 Å². The highest BCUT2D eigenvalue weighted by molar-refractivity contribution is 5.82. The summed E-state index contributed by atoms with van der Waals surface area (Å²) in [6.45, 7) is 4.41. The first-order chi connectivity index (χ1) is 10.9. The van der Waals surface area contributed by atoms with Crippen LogP contribution in [0.5, 0.6) is 0 Å². The summed E-state index contributed by atoms with van der Waals surface area (Å²) in [5.74, 6) is -0.300. The van der Waals surface area contributed by atoms with Gasteiger partial charge in [0.05, 0.1) is 0 Å². The van der Waals surface area contributed by atoms with Crippen molar-refractivity contribution in [2.75, 3.05) is 45.2 Å². The minimum absolute atomic E-state index is 0.0730. The van der Waals surface area contributed by atoms with Gasteiger partial charge in [-0.05, 0) is 31.7 Å². The van der Waals surface area contributed by atoms with E-state index < -0.39 is 0 Å². The minimum Gasteiger partial charge on any atom is -0.374 e. The van der Waals surface area contributed by atoms with Crippen LogP contribution < -0.4 is 10.6 Å². The highest BCUT2D eigenvalue weighted by Crippen LogP contribution is 2.15. The summed E-state index contributed by atoms with van der Waals surface area (Å²) in [6, 6.07) is 7.82. The average Bonchev–Trinajstić information content (AvgIpc) is 2.52. The van der Waals surface area contributed by atoms with Crippen LogP contribution >= 0.6 is 0 Å². The van der Waals surface area contributed by atoms with Crippen molar-refractivity contribution in [3.05, 3.63) is 29.8 Å². The molecule has 1 aliphatic rings. The van der Waals surface area contributed by atoms with Gasteiger partial charge in [0.2, 0.25) is 11.8 Å². The van der Waals surface area contributed by atoms with Gasteiger partial charge < -0.3 is 15.5 Å². The quantitative estimate of drug-likeness (QED) is 0.856. The van der Waals surface area contributed by atoms with Crippen molar-refractivity contribution in [3.63, 3.8) is 0 Å². The van der Waals surface area contributed by atoms with Crippen LogP contribution in [0, 0.1) is 6.92 Å². The van der Waals surface area contributed by atoms with Crippen molar-refractivity contribution in [2.45, 2.75) is 19.4 Å². The van der Waals surface area contributed by atoms with Gasteiger partial charge in [-0.25, -0.2) is 0 Å². The number of primary amides is 1. The molecule has 1 aromatic carbocycles. The van der Waals surface area contributed by atoms with Crippen LogP contribution in [0.15, 0.2) is 24.3 Å². The predicted molar refractivity (Wildman–Crippen MR) is 91.3 cm³/mol. The molecule has 0 radical (unpaired) electrons. The molecule has 1 fully saturated rings. The molecule has 1 unspecified atom stereocenters. The number of amides is 2. The molecule has 23 heavy (non-hydrogen) atoms. The molecule has 2 N–H and O–H groups in total. The molecule has 6 nitrogen and oxygen atoms in total. The first-order valence-electron chi connectivity index (χ1n) is 7.93. The van der Waals surface area contributed by atoms with Crippen LogP contribution in [0.25, 0.3) is 0 Å². The standard InChI is InChI=1S/C17H26N4O2/c1-13-5-4-6-14(11-13)19(2)8-7-16(22)21-10-9-20(3)15(12-21)17(18)23/h4-6,11,15H,7-10,12H2,1-3H3,(H2,18,23). The first-order valence-corrected chi connectivity index (χ1v) is 7.93. The Balaban J connectivity index is 1.88. The number of likely N-dealkylation sites (N-methyl/N-ethyl adjacent to an activating group) is 1. The van der Waals surface area contributed by atoms with Crippen LogP contribution in [0.3, 0.4) is 0 Å². The second-order valence-corrected chi connectivity index (χ2v) is 6.25. The number of hydrogen-bond acceptors (Lipinski definition) is 4. The number of hydrogen-bond donors (Lipinski definition) is 1. The van der Waals surface area contributed by atoms with Crippen LogP contribution in [0.1, 0.15) is 12.0 Å². The Kier molecular flexibility index (Phi) is 5.60. The lowest BCUT2D eigenvalue weighted by Gasteiger charge is -2.38. The topological polar surface area (TPSA) is 69.9 Å². The summed E-state index contributed by atoms with van der Waals surface area (Å²) in [6.07, 6.45) is 0.430. The number of nitrogens with zero attached hydrogens (tertiary/aromatic N) is 3. The van der Waals surface area contributed by atoms with E-state index >= 15 is 0 Å². The predicted octanol–water partition coefficient (Wildman–Crippen LogP) is 0.449. The van der Waals surface area contributed by atoms with Crippen molar-refractivity contribution in [2.24, 2.45) is 5.73 Å². The van der Waals surface area contributed by atoms with Gasteiger partial charge in [-0.1, -0.05) is 12.1 Å². The van der Waals surface area contributed by atoms with Gasteiger partial charge in [-0.15, -0.1) is 0 Å². The van der Waals surface area contributed by atoms with Crippen LogP contribution in [0.4, 0.5) is 5.69 Å². The molecule has 0 bridgehead atoms. The Morgan fingerprint density at radius 2 is 2.09 bits per heavy atom. The van der Waals surface area contributed by atoms with Gasteiger partial charge in [0.1, 0.15) is 6.04 Å². The molecule has 0 aliphatic carbocycles. The fourth-order valence-electron chi connectivity index (χ4n) is 2.82. The first kappa shape index (κ1) is 17.3. The highest BCUT2D eigenvalue weighted by Gasteiger charge is 2.30. The number of anilines is 1. The number of aryl methyl sites for hydroxylation is 1. The molecule has 2 rings (SSSR count). The summed E-state index contributed by atoms with van der Waals surface area (Å²) >= 11 is 0. The summed E-state index contributed by atoms with van der Waals surface area (Å²) in [7, 11) is 3.85. The van der Waals surface area contributed by atoms with E-state index in [1.807, 2.05) is 31.1 Å². The van der Waals surface area contributed by atoms with Gasteiger partial charge in [0.15, 0.2) is 0 Å². The Bertz CT molecular complexity index is 575. The maximum Gasteiger partial charge on any atom is 0.236 e. The van der Waals surface area contributed by atoms with Crippen LogP contribution in [-0.4, -0.2) is 67.9 Å². The number of carbonyl (C=O) groups is 2. The largest absolute Gasteiger partial charge is 0.374 e.